The summed E-state index contributed by atoms with van der Waals surface area (Å²) in [5, 5.41) is 3.05. The lowest BCUT2D eigenvalue weighted by molar-refractivity contribution is 0.174. The first-order valence-electron chi connectivity index (χ1n) is 10.4. The number of fused-ring (bicyclic) bond motifs is 1. The monoisotopic (exact) mass is 420 g/mol. The maximum absolute atomic E-state index is 12.9. The number of aryl methyl sites for hydroxylation is 1. The van der Waals surface area contributed by atoms with Crippen LogP contribution in [0.15, 0.2) is 43.0 Å². The summed E-state index contributed by atoms with van der Waals surface area (Å²) in [7, 11) is 0. The van der Waals surface area contributed by atoms with Crippen LogP contribution in [0.2, 0.25) is 0 Å². The fourth-order valence-corrected chi connectivity index (χ4v) is 4.07. The highest BCUT2D eigenvalue weighted by Gasteiger charge is 2.31. The topological polar surface area (TPSA) is 94.4 Å². The minimum atomic E-state index is -0.0660. The fraction of sp³-hybridized carbons (Fsp3) is 0.364. The number of hydrogen-bond donors (Lipinski definition) is 1. The second-order valence-electron chi connectivity index (χ2n) is 7.73. The predicted octanol–water partition coefficient (Wildman–Crippen LogP) is 2.79. The van der Waals surface area contributed by atoms with E-state index in [-0.39, 0.29) is 18.9 Å². The zero-order valence-corrected chi connectivity index (χ0v) is 17.3. The molecule has 2 aliphatic heterocycles. The number of imidazole rings is 1. The Morgan fingerprint density at radius 1 is 1.23 bits per heavy atom. The SMILES string of the molecule is Cc1cc(C2CCCN2C(=O)NCCc2ccc3c(c2)OCO3)nc(-n2ccnc2)n1. The van der Waals surface area contributed by atoms with Gasteiger partial charge in [0, 0.05) is 31.2 Å². The number of likely N-dealkylation sites (tertiary alicyclic amines) is 1. The number of carbonyl (C=O) groups excluding carboxylic acids is 1. The Hall–Kier alpha value is -3.62. The lowest BCUT2D eigenvalue weighted by Gasteiger charge is -2.25. The third-order valence-electron chi connectivity index (χ3n) is 5.58. The van der Waals surface area contributed by atoms with Gasteiger partial charge in [0.2, 0.25) is 12.7 Å². The highest BCUT2D eigenvalue weighted by molar-refractivity contribution is 5.75. The Bertz CT molecular complexity index is 1080. The van der Waals surface area contributed by atoms with Crippen LogP contribution in [0.4, 0.5) is 4.79 Å². The third-order valence-corrected chi connectivity index (χ3v) is 5.58. The van der Waals surface area contributed by atoms with Gasteiger partial charge >= 0.3 is 6.03 Å². The van der Waals surface area contributed by atoms with Gasteiger partial charge in [-0.3, -0.25) is 4.57 Å². The summed E-state index contributed by atoms with van der Waals surface area (Å²) >= 11 is 0. The van der Waals surface area contributed by atoms with Crippen LogP contribution < -0.4 is 14.8 Å². The summed E-state index contributed by atoms with van der Waals surface area (Å²) in [6.07, 6.45) is 7.74. The number of aromatic nitrogens is 4. The molecule has 1 fully saturated rings. The molecule has 9 heteroatoms. The van der Waals surface area contributed by atoms with Crippen LogP contribution in [0.1, 0.15) is 35.8 Å². The normalized spacial score (nSPS) is 17.2. The van der Waals surface area contributed by atoms with Crippen LogP contribution in [-0.4, -0.2) is 50.3 Å². The number of rotatable bonds is 5. The van der Waals surface area contributed by atoms with E-state index in [1.807, 2.05) is 42.3 Å². The van der Waals surface area contributed by atoms with Gasteiger partial charge in [0.05, 0.1) is 11.7 Å². The van der Waals surface area contributed by atoms with Crippen molar-refractivity contribution in [2.24, 2.45) is 0 Å². The molecule has 2 aromatic heterocycles. The number of hydrogen-bond acceptors (Lipinski definition) is 6. The number of nitrogens with one attached hydrogen (secondary N) is 1. The van der Waals surface area contributed by atoms with Gasteiger partial charge in [-0.15, -0.1) is 0 Å². The largest absolute Gasteiger partial charge is 0.454 e. The highest BCUT2D eigenvalue weighted by atomic mass is 16.7. The average Bonchev–Trinajstić information content (AvgIpc) is 3.54. The van der Waals surface area contributed by atoms with E-state index in [1.165, 1.54) is 0 Å². The number of benzene rings is 1. The van der Waals surface area contributed by atoms with Crippen molar-refractivity contribution in [2.45, 2.75) is 32.2 Å². The molecule has 9 nitrogen and oxygen atoms in total. The van der Waals surface area contributed by atoms with E-state index in [0.717, 1.165) is 47.7 Å². The minimum absolute atomic E-state index is 0.0606. The van der Waals surface area contributed by atoms with Gasteiger partial charge < -0.3 is 19.7 Å². The molecule has 5 rings (SSSR count). The summed E-state index contributed by atoms with van der Waals surface area (Å²) in [6, 6.07) is 7.71. The Morgan fingerprint density at radius 3 is 3.00 bits per heavy atom. The molecule has 1 unspecified atom stereocenters. The Morgan fingerprint density at radius 2 is 2.13 bits per heavy atom. The van der Waals surface area contributed by atoms with E-state index in [1.54, 1.807) is 17.1 Å². The zero-order chi connectivity index (χ0) is 21.2. The van der Waals surface area contributed by atoms with Crippen molar-refractivity contribution in [1.82, 2.24) is 29.7 Å². The molecule has 2 amide bonds. The molecule has 31 heavy (non-hydrogen) atoms. The molecule has 0 bridgehead atoms. The number of ether oxygens (including phenoxy) is 2. The first kappa shape index (κ1) is 19.3. The minimum Gasteiger partial charge on any atom is -0.454 e. The molecule has 4 heterocycles. The van der Waals surface area contributed by atoms with Gasteiger partial charge in [-0.2, -0.15) is 0 Å². The second-order valence-corrected chi connectivity index (χ2v) is 7.73. The maximum atomic E-state index is 12.9. The maximum Gasteiger partial charge on any atom is 0.317 e. The number of amides is 2. The van der Waals surface area contributed by atoms with Gasteiger partial charge in [-0.1, -0.05) is 6.07 Å². The molecular formula is C22H24N6O3. The third kappa shape index (κ3) is 4.03. The molecule has 3 aromatic rings. The van der Waals surface area contributed by atoms with Gasteiger partial charge in [0.15, 0.2) is 11.5 Å². The van der Waals surface area contributed by atoms with Crippen LogP contribution in [0.25, 0.3) is 5.95 Å². The highest BCUT2D eigenvalue weighted by Crippen LogP contribution is 2.33. The van der Waals surface area contributed by atoms with Crippen LogP contribution >= 0.6 is 0 Å². The lowest BCUT2D eigenvalue weighted by atomic mass is 10.1. The van der Waals surface area contributed by atoms with Gasteiger partial charge in [0.25, 0.3) is 0 Å². The standard InChI is InChI=1S/C22H24N6O3/c1-15-11-17(26-21(25-15)27-10-8-23-13-27)18-3-2-9-28(18)22(29)24-7-6-16-4-5-19-20(12-16)31-14-30-19/h4-5,8,10-13,18H,2-3,6-7,9,14H2,1H3,(H,24,29). The molecule has 1 aromatic carbocycles. The summed E-state index contributed by atoms with van der Waals surface area (Å²) in [4.78, 5) is 28.1. The van der Waals surface area contributed by atoms with Crippen LogP contribution in [-0.2, 0) is 6.42 Å². The first-order valence-corrected chi connectivity index (χ1v) is 10.4. The summed E-state index contributed by atoms with van der Waals surface area (Å²) < 4.78 is 12.5. The molecule has 1 N–H and O–H groups in total. The Kier molecular flexibility index (Phi) is 5.15. The summed E-state index contributed by atoms with van der Waals surface area (Å²) in [5.74, 6) is 2.10. The van der Waals surface area contributed by atoms with Crippen molar-refractivity contribution >= 4 is 6.03 Å². The van der Waals surface area contributed by atoms with Crippen molar-refractivity contribution < 1.29 is 14.3 Å². The van der Waals surface area contributed by atoms with E-state index in [9.17, 15) is 4.79 Å². The van der Waals surface area contributed by atoms with Crippen molar-refractivity contribution in [2.75, 3.05) is 19.9 Å². The molecule has 0 aliphatic carbocycles. The van der Waals surface area contributed by atoms with Crippen molar-refractivity contribution in [1.29, 1.82) is 0 Å². The van der Waals surface area contributed by atoms with Crippen LogP contribution in [0, 0.1) is 6.92 Å². The number of urea groups is 1. The molecule has 0 radical (unpaired) electrons. The van der Waals surface area contributed by atoms with Gasteiger partial charge in [-0.25, -0.2) is 19.7 Å². The van der Waals surface area contributed by atoms with Gasteiger partial charge in [0.1, 0.15) is 6.33 Å². The van der Waals surface area contributed by atoms with Crippen LogP contribution in [0.3, 0.4) is 0 Å². The molecule has 1 saturated heterocycles. The number of nitrogens with zero attached hydrogens (tertiary/aromatic N) is 5. The van der Waals surface area contributed by atoms with Gasteiger partial charge in [-0.05, 0) is 49.9 Å². The molecule has 1 atom stereocenters. The van der Waals surface area contributed by atoms with E-state index >= 15 is 0 Å². The predicted molar refractivity (Wildman–Crippen MR) is 112 cm³/mol. The average molecular weight is 420 g/mol. The molecular weight excluding hydrogens is 396 g/mol. The fourth-order valence-electron chi connectivity index (χ4n) is 4.07. The molecule has 0 spiro atoms. The number of carbonyl (C=O) groups is 1. The second kappa shape index (κ2) is 8.25. The smallest absolute Gasteiger partial charge is 0.317 e. The summed E-state index contributed by atoms with van der Waals surface area (Å²) in [5.41, 5.74) is 2.82. The van der Waals surface area contributed by atoms with E-state index in [0.29, 0.717) is 19.0 Å². The van der Waals surface area contributed by atoms with Crippen molar-refractivity contribution in [3.8, 4) is 17.4 Å². The molecule has 0 saturated carbocycles. The zero-order valence-electron chi connectivity index (χ0n) is 17.3. The van der Waals surface area contributed by atoms with Crippen molar-refractivity contribution in [3.05, 3.63) is 59.9 Å². The van der Waals surface area contributed by atoms with E-state index in [2.05, 4.69) is 15.3 Å². The van der Waals surface area contributed by atoms with Crippen LogP contribution in [0.5, 0.6) is 11.5 Å². The Labute approximate surface area is 180 Å². The van der Waals surface area contributed by atoms with Crippen molar-refractivity contribution in [3.63, 3.8) is 0 Å². The molecule has 2 aliphatic rings. The first-order chi connectivity index (χ1) is 15.2. The lowest BCUT2D eigenvalue weighted by Crippen LogP contribution is -2.40. The summed E-state index contributed by atoms with van der Waals surface area (Å²) in [6.45, 7) is 3.46. The molecule has 160 valence electrons. The Balaban J connectivity index is 1.24. The quantitative estimate of drug-likeness (QED) is 0.682. The van der Waals surface area contributed by atoms with E-state index in [4.69, 9.17) is 14.5 Å². The van der Waals surface area contributed by atoms with E-state index < -0.39 is 0 Å².